The topological polar surface area (TPSA) is 90.5 Å². The second-order valence-electron chi connectivity index (χ2n) is 9.30. The predicted molar refractivity (Wildman–Crippen MR) is 120 cm³/mol. The Morgan fingerprint density at radius 3 is 2.61 bits per heavy atom. The van der Waals surface area contributed by atoms with Gasteiger partial charge in [0.05, 0.1) is 18.3 Å². The molecule has 2 unspecified atom stereocenters. The lowest BCUT2D eigenvalue weighted by atomic mass is 9.92. The van der Waals surface area contributed by atoms with E-state index in [9.17, 15) is 5.11 Å². The fraction of sp³-hybridized carbons (Fsp3) is 0.600. The highest BCUT2D eigenvalue weighted by Crippen LogP contribution is 2.48. The Balaban J connectivity index is 0.000000217. The molecule has 0 radical (unpaired) electrons. The zero-order chi connectivity index (χ0) is 21.4. The van der Waals surface area contributed by atoms with Crippen LogP contribution in [0, 0.1) is 0 Å². The number of aryl methyl sites for hydroxylation is 1. The van der Waals surface area contributed by atoms with Crippen molar-refractivity contribution >= 4 is 5.82 Å². The maximum atomic E-state index is 10.8. The van der Waals surface area contributed by atoms with E-state index >= 15 is 0 Å². The third kappa shape index (κ3) is 3.92. The number of aromatic hydroxyl groups is 1. The number of methoxy groups -OCH3 is 1. The van der Waals surface area contributed by atoms with Crippen molar-refractivity contribution in [2.24, 2.45) is 0 Å². The number of aromatic nitrogens is 2. The summed E-state index contributed by atoms with van der Waals surface area (Å²) in [6, 6.07) is 4.09. The summed E-state index contributed by atoms with van der Waals surface area (Å²) in [5, 5.41) is 19.3. The summed E-state index contributed by atoms with van der Waals surface area (Å²) in [5.74, 6) is 0.867. The number of benzene rings is 1. The van der Waals surface area contributed by atoms with Gasteiger partial charge in [-0.2, -0.15) is 0 Å². The first-order valence-corrected chi connectivity index (χ1v) is 11.8. The monoisotopic (exact) mass is 423 g/mol. The summed E-state index contributed by atoms with van der Waals surface area (Å²) >= 11 is 0. The molecule has 1 saturated carbocycles. The second-order valence-corrected chi connectivity index (χ2v) is 9.30. The Morgan fingerprint density at radius 1 is 1.00 bits per heavy atom. The Morgan fingerprint density at radius 2 is 1.84 bits per heavy atom. The molecule has 0 spiro atoms. The smallest absolute Gasteiger partial charge is 0.149 e. The highest BCUT2D eigenvalue weighted by molar-refractivity contribution is 5.75. The molecular weight excluding hydrogens is 390 g/mol. The molecule has 1 aromatic heterocycles. The van der Waals surface area contributed by atoms with Crippen LogP contribution in [0.4, 0.5) is 5.82 Å². The summed E-state index contributed by atoms with van der Waals surface area (Å²) < 4.78 is 11.3. The molecule has 1 aromatic carbocycles. The minimum absolute atomic E-state index is 0.0317. The summed E-state index contributed by atoms with van der Waals surface area (Å²) in [6.07, 6.45) is 13.5. The van der Waals surface area contributed by atoms with E-state index in [2.05, 4.69) is 16.3 Å². The number of ether oxygens (including phenoxy) is 2. The van der Waals surface area contributed by atoms with Crippen molar-refractivity contribution in [2.45, 2.75) is 88.9 Å². The highest BCUT2D eigenvalue weighted by atomic mass is 16.5. The maximum Gasteiger partial charge on any atom is 0.149 e. The first-order chi connectivity index (χ1) is 15.2. The average molecular weight is 424 g/mol. The van der Waals surface area contributed by atoms with Gasteiger partial charge in [-0.25, -0.2) is 0 Å². The average Bonchev–Trinajstić information content (AvgIpc) is 3.44. The molecular formula is C25H33N3O3. The van der Waals surface area contributed by atoms with Crippen LogP contribution < -0.4 is 5.73 Å². The summed E-state index contributed by atoms with van der Waals surface area (Å²) in [7, 11) is 1.82. The molecule has 1 saturated heterocycles. The van der Waals surface area contributed by atoms with Crippen molar-refractivity contribution in [3.8, 4) is 17.0 Å². The van der Waals surface area contributed by atoms with Crippen molar-refractivity contribution in [1.82, 2.24) is 10.2 Å². The zero-order valence-corrected chi connectivity index (χ0v) is 18.4. The van der Waals surface area contributed by atoms with E-state index in [0.29, 0.717) is 17.7 Å². The third-order valence-corrected chi connectivity index (χ3v) is 7.40. The minimum Gasteiger partial charge on any atom is -0.507 e. The second kappa shape index (κ2) is 8.75. The van der Waals surface area contributed by atoms with Crippen LogP contribution in [0.1, 0.15) is 79.7 Å². The van der Waals surface area contributed by atoms with Gasteiger partial charge >= 0.3 is 0 Å². The number of anilines is 1. The van der Waals surface area contributed by atoms with Crippen LogP contribution in [0.5, 0.6) is 5.75 Å². The van der Waals surface area contributed by atoms with Gasteiger partial charge in [-0.3, -0.25) is 0 Å². The van der Waals surface area contributed by atoms with Gasteiger partial charge < -0.3 is 20.3 Å². The van der Waals surface area contributed by atoms with Gasteiger partial charge in [0, 0.05) is 30.2 Å². The fourth-order valence-electron chi connectivity index (χ4n) is 5.69. The molecule has 2 aliphatic carbocycles. The van der Waals surface area contributed by atoms with Crippen LogP contribution in [0.25, 0.3) is 11.3 Å². The third-order valence-electron chi connectivity index (χ3n) is 7.40. The maximum absolute atomic E-state index is 10.8. The standard InChI is InChI=1S/C18H19N3O2.C7H14O/c19-18-13-8-10-5-7-14(23-10)15(13)16(20-21-18)12-6-4-9-2-1-3-11(9)17(12)22;1-8-7-5-3-2-4-6-7/h4,6,10,14,22H,1-3,5,7-8H2,(H2,19,21);7H,2-6H2,1H3. The number of nitrogens with zero attached hydrogens (tertiary/aromatic N) is 2. The molecule has 6 heteroatoms. The van der Waals surface area contributed by atoms with Crippen molar-refractivity contribution in [2.75, 3.05) is 12.8 Å². The van der Waals surface area contributed by atoms with Gasteiger partial charge in [-0.05, 0) is 62.1 Å². The van der Waals surface area contributed by atoms with Gasteiger partial charge in [-0.15, -0.1) is 10.2 Å². The lowest BCUT2D eigenvalue weighted by Crippen LogP contribution is -2.21. The van der Waals surface area contributed by atoms with Gasteiger partial charge in [0.25, 0.3) is 0 Å². The molecule has 0 amide bonds. The van der Waals surface area contributed by atoms with E-state index in [4.69, 9.17) is 15.2 Å². The Kier molecular flexibility index (Phi) is 5.85. The number of hydrogen-bond donors (Lipinski definition) is 2. The van der Waals surface area contributed by atoms with Crippen LogP contribution >= 0.6 is 0 Å². The normalized spacial score (nSPS) is 24.3. The lowest BCUT2D eigenvalue weighted by molar-refractivity contribution is 0.0325. The quantitative estimate of drug-likeness (QED) is 0.730. The molecule has 2 aliphatic heterocycles. The van der Waals surface area contributed by atoms with E-state index in [0.717, 1.165) is 66.5 Å². The van der Waals surface area contributed by atoms with Crippen LogP contribution in [-0.4, -0.2) is 34.6 Å². The van der Waals surface area contributed by atoms with Crippen LogP contribution in [0.2, 0.25) is 0 Å². The predicted octanol–water partition coefficient (Wildman–Crippen LogP) is 4.66. The molecule has 6 nitrogen and oxygen atoms in total. The Bertz CT molecular complexity index is 956. The molecule has 3 N–H and O–H groups in total. The molecule has 3 heterocycles. The largest absolute Gasteiger partial charge is 0.507 e. The van der Waals surface area contributed by atoms with Gasteiger partial charge in [0.1, 0.15) is 17.3 Å². The number of fused-ring (bicyclic) bond motifs is 5. The van der Waals surface area contributed by atoms with Crippen LogP contribution in [-0.2, 0) is 28.7 Å². The molecule has 166 valence electrons. The lowest BCUT2D eigenvalue weighted by Gasteiger charge is -2.26. The molecule has 2 aromatic rings. The van der Waals surface area contributed by atoms with E-state index in [1.807, 2.05) is 13.2 Å². The van der Waals surface area contributed by atoms with Gasteiger partial charge in [0.2, 0.25) is 0 Å². The van der Waals surface area contributed by atoms with E-state index in [-0.39, 0.29) is 12.2 Å². The Labute approximate surface area is 184 Å². The summed E-state index contributed by atoms with van der Waals surface area (Å²) in [5.41, 5.74) is 12.0. The molecule has 2 bridgehead atoms. The number of phenolic OH excluding ortho intramolecular Hbond substituents is 1. The summed E-state index contributed by atoms with van der Waals surface area (Å²) in [4.78, 5) is 0. The van der Waals surface area contributed by atoms with Crippen molar-refractivity contribution in [3.63, 3.8) is 0 Å². The highest BCUT2D eigenvalue weighted by Gasteiger charge is 2.38. The Hall–Kier alpha value is -2.18. The number of rotatable bonds is 2. The first-order valence-electron chi connectivity index (χ1n) is 11.8. The SMILES string of the molecule is COC1CCCCC1.Nc1nnc(-c2ccc3c(c2O)CCC3)c2c1CC1CCC2O1. The van der Waals surface area contributed by atoms with Crippen molar-refractivity contribution < 1.29 is 14.6 Å². The van der Waals surface area contributed by atoms with Crippen LogP contribution in [0.3, 0.4) is 0 Å². The van der Waals surface area contributed by atoms with Gasteiger partial charge in [-0.1, -0.05) is 25.3 Å². The van der Waals surface area contributed by atoms with Crippen molar-refractivity contribution in [3.05, 3.63) is 34.4 Å². The first kappa shape index (κ1) is 20.7. The van der Waals surface area contributed by atoms with Gasteiger partial charge in [0.15, 0.2) is 0 Å². The number of nitrogen functional groups attached to an aromatic ring is 1. The van der Waals surface area contributed by atoms with E-state index < -0.39 is 0 Å². The molecule has 2 atom stereocenters. The molecule has 4 aliphatic rings. The number of nitrogens with two attached hydrogens (primary N) is 1. The molecule has 2 fully saturated rings. The number of hydrogen-bond acceptors (Lipinski definition) is 6. The van der Waals surface area contributed by atoms with E-state index in [1.165, 1.54) is 37.7 Å². The van der Waals surface area contributed by atoms with Crippen LogP contribution in [0.15, 0.2) is 12.1 Å². The number of phenols is 1. The minimum atomic E-state index is 0.0317. The molecule has 31 heavy (non-hydrogen) atoms. The zero-order valence-electron chi connectivity index (χ0n) is 18.4. The summed E-state index contributed by atoms with van der Waals surface area (Å²) in [6.45, 7) is 0. The van der Waals surface area contributed by atoms with Crippen molar-refractivity contribution in [1.29, 1.82) is 0 Å². The fourth-order valence-corrected chi connectivity index (χ4v) is 5.69. The molecule has 6 rings (SSSR count). The van der Waals surface area contributed by atoms with E-state index in [1.54, 1.807) is 0 Å².